The highest BCUT2D eigenvalue weighted by molar-refractivity contribution is 6.14. The van der Waals surface area contributed by atoms with Gasteiger partial charge >= 0.3 is 11.9 Å². The van der Waals surface area contributed by atoms with Gasteiger partial charge in [0, 0.05) is 0 Å². The number of halogens is 1. The molecule has 0 aliphatic carbocycles. The summed E-state index contributed by atoms with van der Waals surface area (Å²) in [6, 6.07) is -0.483. The number of rotatable bonds is 31. The van der Waals surface area contributed by atoms with E-state index in [9.17, 15) is 9.59 Å². The second-order valence-corrected chi connectivity index (χ2v) is 16.4. The summed E-state index contributed by atoms with van der Waals surface area (Å²) in [5.74, 6) is -0.468. The molecule has 2 atom stereocenters. The summed E-state index contributed by atoms with van der Waals surface area (Å²) in [4.78, 5) is 27.0. The van der Waals surface area contributed by atoms with Gasteiger partial charge in [-0.25, -0.2) is 4.84 Å². The second kappa shape index (κ2) is 37.5. The molecule has 0 rings (SSSR count). The number of carbonyl (C=O) groups excluding carboxylic acids is 2. The summed E-state index contributed by atoms with van der Waals surface area (Å²) >= 11 is 5.74. The fraction of sp³-hybridized carbons (Fsp3) is 0.472. The lowest BCUT2D eigenvalue weighted by Crippen LogP contribution is -2.50. The van der Waals surface area contributed by atoms with Gasteiger partial charge in [0.25, 0.3) is 0 Å². The Morgan fingerprint density at radius 1 is 0.525 bits per heavy atom. The maximum Gasteiger partial charge on any atom is 0.324 e. The minimum absolute atomic E-state index is 0.0516. The van der Waals surface area contributed by atoms with Crippen molar-refractivity contribution in [2.45, 2.75) is 133 Å². The van der Waals surface area contributed by atoms with Crippen molar-refractivity contribution in [3.05, 3.63) is 154 Å². The predicted molar refractivity (Wildman–Crippen MR) is 261 cm³/mol. The van der Waals surface area contributed by atoms with Gasteiger partial charge in [-0.3, -0.25) is 9.59 Å². The number of quaternary nitrogens is 2. The molecule has 7 nitrogen and oxygen atoms in total. The number of allylic oxidation sites excluding steroid dienone is 24. The lowest BCUT2D eigenvalue weighted by molar-refractivity contribution is -0.369. The van der Waals surface area contributed by atoms with E-state index in [-0.39, 0.29) is 24.5 Å². The first kappa shape index (κ1) is 56.7. The predicted octanol–water partition coefficient (Wildman–Crippen LogP) is 11.6. The zero-order valence-corrected chi connectivity index (χ0v) is 40.1. The van der Waals surface area contributed by atoms with Crippen LogP contribution in [0.25, 0.3) is 0 Å². The van der Waals surface area contributed by atoms with Gasteiger partial charge in [0.2, 0.25) is 0 Å². The highest BCUT2D eigenvalue weighted by Crippen LogP contribution is 2.13. The molecule has 338 valence electrons. The first-order valence-corrected chi connectivity index (χ1v) is 22.6. The molecule has 0 aromatic carbocycles. The summed E-state index contributed by atoms with van der Waals surface area (Å²) in [5, 5.41) is 0. The number of unbranched alkanes of at least 4 members (excludes halogenated alkanes) is 2. The second-order valence-electron chi connectivity index (χ2n) is 16.1. The van der Waals surface area contributed by atoms with Gasteiger partial charge in [0.15, 0.2) is 0 Å². The third-order valence-electron chi connectivity index (χ3n) is 9.64. The molecule has 61 heavy (non-hydrogen) atoms. The molecule has 0 saturated carbocycles. The van der Waals surface area contributed by atoms with Gasteiger partial charge in [-0.15, -0.1) is 0 Å². The standard InChI is InChI=1S/C53H80ClN3O4/c1-42(24-16-26-44(3)28-18-30-46(5)32-20-34-48(7)40-60-52(58)50(9)36-12-14-38-55)22-10-11-23-43(2)25-17-27-45(4)29-19-31-47(6)33-21-35-49(8)41-61-53(59)51(57-54)37-13-15-39-56/h10-11,16-19,22-31,34-35,50-51,57H,12-15,20-21,32-33,36-41,55-56H2,1-9H3/p+2/b11-10+,24-16+,25-17+,28-18+,29-19+,42-22+,43-23+,44-26+,45-27+,46-30+,47-31+,48-34+,49-35+. The average molecular weight is 861 g/mol. The van der Waals surface area contributed by atoms with Crippen LogP contribution in [0.4, 0.5) is 0 Å². The number of nitrogens with one attached hydrogen (secondary N) is 1. The summed E-state index contributed by atoms with van der Waals surface area (Å²) < 4.78 is 10.9. The fourth-order valence-electron chi connectivity index (χ4n) is 5.55. The molecule has 0 amide bonds. The third-order valence-corrected chi connectivity index (χ3v) is 9.90. The zero-order valence-electron chi connectivity index (χ0n) is 39.4. The molecule has 7 N–H and O–H groups in total. The number of carbonyl (C=O) groups is 2. The van der Waals surface area contributed by atoms with Crippen LogP contribution in [0.2, 0.25) is 0 Å². The van der Waals surface area contributed by atoms with Gasteiger partial charge in [-0.05, 0) is 143 Å². The minimum atomic E-state index is -0.483. The van der Waals surface area contributed by atoms with Crippen molar-refractivity contribution in [2.75, 3.05) is 26.3 Å². The highest BCUT2D eigenvalue weighted by atomic mass is 35.5. The molecule has 0 radical (unpaired) electrons. The smallest absolute Gasteiger partial charge is 0.324 e. The van der Waals surface area contributed by atoms with Gasteiger partial charge in [0.1, 0.15) is 19.3 Å². The van der Waals surface area contributed by atoms with Gasteiger partial charge in [-0.2, -0.15) is 0 Å². The molecule has 2 unspecified atom stereocenters. The van der Waals surface area contributed by atoms with Crippen LogP contribution < -0.4 is 16.3 Å². The number of esters is 2. The topological polar surface area (TPSA) is 120 Å². The Bertz CT molecular complexity index is 1690. The molecular formula is C53H82ClN3O4+2. The molecule has 0 aliphatic rings. The number of ether oxygens (including phenoxy) is 2. The van der Waals surface area contributed by atoms with Crippen molar-refractivity contribution in [3.63, 3.8) is 0 Å². The van der Waals surface area contributed by atoms with E-state index in [1.54, 1.807) is 0 Å². The van der Waals surface area contributed by atoms with Crippen LogP contribution in [0.1, 0.15) is 127 Å². The van der Waals surface area contributed by atoms with Crippen molar-refractivity contribution in [1.82, 2.24) is 4.84 Å². The molecule has 0 aliphatic heterocycles. The Morgan fingerprint density at radius 3 is 1.31 bits per heavy atom. The molecule has 0 fully saturated rings. The lowest BCUT2D eigenvalue weighted by atomic mass is 10.0. The van der Waals surface area contributed by atoms with Crippen LogP contribution in [0.3, 0.4) is 0 Å². The molecule has 0 aromatic rings. The Labute approximate surface area is 376 Å². The highest BCUT2D eigenvalue weighted by Gasteiger charge is 2.18. The first-order chi connectivity index (χ1) is 29.2. The maximum absolute atomic E-state index is 12.3. The van der Waals surface area contributed by atoms with E-state index in [4.69, 9.17) is 21.3 Å². The molecule has 0 spiro atoms. The summed E-state index contributed by atoms with van der Waals surface area (Å²) in [7, 11) is 0. The molecule has 0 bridgehead atoms. The summed E-state index contributed by atoms with van der Waals surface area (Å²) in [5.41, 5.74) is 17.1. The first-order valence-electron chi connectivity index (χ1n) is 22.2. The van der Waals surface area contributed by atoms with Crippen LogP contribution >= 0.6 is 11.8 Å². The lowest BCUT2D eigenvalue weighted by Gasteiger charge is -2.13. The molecule has 0 aromatic heterocycles. The normalized spacial score (nSPS) is 15.7. The Hall–Kier alpha value is -4.27. The van der Waals surface area contributed by atoms with E-state index in [1.165, 1.54) is 33.4 Å². The van der Waals surface area contributed by atoms with E-state index in [0.717, 1.165) is 82.0 Å². The average Bonchev–Trinajstić information content (AvgIpc) is 3.22. The molecule has 8 heteroatoms. The van der Waals surface area contributed by atoms with Crippen LogP contribution in [0.5, 0.6) is 0 Å². The minimum Gasteiger partial charge on any atom is -0.461 e. The van der Waals surface area contributed by atoms with E-state index in [0.29, 0.717) is 13.0 Å². The van der Waals surface area contributed by atoms with Crippen LogP contribution in [-0.4, -0.2) is 44.3 Å². The third kappa shape index (κ3) is 34.1. The van der Waals surface area contributed by atoms with E-state index >= 15 is 0 Å². The van der Waals surface area contributed by atoms with E-state index < -0.39 is 6.04 Å². The monoisotopic (exact) mass is 860 g/mol. The SMILES string of the molecule is CC(/C=C/C=C(C)/C=C/C=C(\C)CC/C=C(\C)COC(=O)C(C)CCCC[NH3+])=C\C=C\C=C(C)\C=C\C=C(C)\C=C\C=C(/C)CC/C=C(\C)COC(=O)C(CCCC[NH3+])NCl. The summed E-state index contributed by atoms with van der Waals surface area (Å²) in [6.45, 7) is 21.0. The molecule has 0 saturated heterocycles. The fourth-order valence-corrected chi connectivity index (χ4v) is 5.74. The van der Waals surface area contributed by atoms with E-state index in [2.05, 4.69) is 167 Å². The van der Waals surface area contributed by atoms with Crippen LogP contribution in [0.15, 0.2) is 154 Å². The Morgan fingerprint density at radius 2 is 0.902 bits per heavy atom. The largest absolute Gasteiger partial charge is 0.461 e. The van der Waals surface area contributed by atoms with Crippen molar-refractivity contribution in [2.24, 2.45) is 5.92 Å². The Kier molecular flexibility index (Phi) is 34.9. The maximum atomic E-state index is 12.3. The summed E-state index contributed by atoms with van der Waals surface area (Å²) in [6.07, 6.45) is 47.1. The van der Waals surface area contributed by atoms with E-state index in [1.807, 2.05) is 20.8 Å². The quantitative estimate of drug-likeness (QED) is 0.0211. The number of hydrogen-bond acceptors (Lipinski definition) is 5. The van der Waals surface area contributed by atoms with Crippen molar-refractivity contribution >= 4 is 23.7 Å². The van der Waals surface area contributed by atoms with Crippen molar-refractivity contribution in [1.29, 1.82) is 0 Å². The molecular weight excluding hydrogens is 778 g/mol. The Balaban J connectivity index is 4.69. The van der Waals surface area contributed by atoms with Crippen LogP contribution in [-0.2, 0) is 19.1 Å². The van der Waals surface area contributed by atoms with Crippen molar-refractivity contribution in [3.8, 4) is 0 Å². The van der Waals surface area contributed by atoms with Gasteiger partial charge < -0.3 is 20.9 Å². The van der Waals surface area contributed by atoms with Crippen LogP contribution in [0, 0.1) is 5.92 Å². The van der Waals surface area contributed by atoms with Gasteiger partial charge in [-0.1, -0.05) is 150 Å². The molecule has 0 heterocycles. The van der Waals surface area contributed by atoms with Gasteiger partial charge in [0.05, 0.1) is 19.0 Å². The zero-order chi connectivity index (χ0) is 45.7. The number of hydrogen-bond donors (Lipinski definition) is 3. The van der Waals surface area contributed by atoms with Crippen molar-refractivity contribution < 1.29 is 30.5 Å².